The Morgan fingerprint density at radius 2 is 1.74 bits per heavy atom. The zero-order valence-electron chi connectivity index (χ0n) is 24.4. The van der Waals surface area contributed by atoms with Crippen LogP contribution >= 0.6 is 23.1 Å². The lowest BCUT2D eigenvalue weighted by Gasteiger charge is -2.40. The van der Waals surface area contributed by atoms with Crippen molar-refractivity contribution in [2.24, 2.45) is 4.99 Å². The van der Waals surface area contributed by atoms with Gasteiger partial charge in [-0.05, 0) is 49.7 Å². The van der Waals surface area contributed by atoms with Gasteiger partial charge < -0.3 is 19.8 Å². The van der Waals surface area contributed by atoms with Crippen molar-refractivity contribution in [1.29, 1.82) is 0 Å². The summed E-state index contributed by atoms with van der Waals surface area (Å²) in [7, 11) is 3.97. The van der Waals surface area contributed by atoms with Crippen LogP contribution in [0.1, 0.15) is 55.3 Å². The first-order valence-electron chi connectivity index (χ1n) is 14.0. The summed E-state index contributed by atoms with van der Waals surface area (Å²) < 4.78 is 6.57. The summed E-state index contributed by atoms with van der Waals surface area (Å²) >= 11 is 3.64. The van der Waals surface area contributed by atoms with Gasteiger partial charge in [0.15, 0.2) is 5.84 Å². The van der Waals surface area contributed by atoms with Gasteiger partial charge in [0.2, 0.25) is 0 Å². The second kappa shape index (κ2) is 14.7. The number of benzene rings is 2. The van der Waals surface area contributed by atoms with E-state index in [4.69, 9.17) is 24.9 Å². The highest BCUT2D eigenvalue weighted by atomic mass is 32.2. The summed E-state index contributed by atoms with van der Waals surface area (Å²) in [6, 6.07) is 17.4. The number of carbonyl (C=O) groups is 2. The van der Waals surface area contributed by atoms with Gasteiger partial charge >= 0.3 is 11.9 Å². The van der Waals surface area contributed by atoms with Crippen LogP contribution in [-0.2, 0) is 16.0 Å². The van der Waals surface area contributed by atoms with E-state index in [0.29, 0.717) is 12.0 Å². The van der Waals surface area contributed by atoms with Crippen molar-refractivity contribution in [2.75, 3.05) is 33.8 Å². The lowest BCUT2D eigenvalue weighted by atomic mass is 10.0. The molecule has 1 fully saturated rings. The number of thiazole rings is 1. The molecule has 0 amide bonds. The average Bonchev–Trinajstić information content (AvgIpc) is 3.33. The van der Waals surface area contributed by atoms with Crippen LogP contribution in [0.5, 0.6) is 5.75 Å². The highest BCUT2D eigenvalue weighted by molar-refractivity contribution is 8.01. The van der Waals surface area contributed by atoms with E-state index in [1.807, 2.05) is 23.1 Å². The molecule has 2 aliphatic heterocycles. The number of aliphatic imine (C=N–C) groups is 1. The molecule has 1 saturated heterocycles. The zero-order valence-corrected chi connectivity index (χ0v) is 26.1. The normalized spacial score (nSPS) is 16.5. The topological polar surface area (TPSA) is 116 Å². The number of hydrogen-bond donors (Lipinski definition) is 2. The molecule has 5 rings (SSSR count). The third kappa shape index (κ3) is 8.33. The SMILES string of the molecule is COc1ccc(CCC2CN(C3=Nc4ccccc4Sc4sc(C(C)C)nc43)CCN2C)cc1.O=C(O)CCC(=O)O. The molecule has 2 N–H and O–H groups in total. The van der Waals surface area contributed by atoms with Crippen molar-refractivity contribution < 1.29 is 24.5 Å². The number of piperazine rings is 1. The highest BCUT2D eigenvalue weighted by Crippen LogP contribution is 2.44. The molecule has 2 aliphatic rings. The summed E-state index contributed by atoms with van der Waals surface area (Å²) in [5, 5.41) is 17.0. The number of aliphatic carboxylic acids is 2. The first-order valence-corrected chi connectivity index (χ1v) is 15.7. The number of carboxylic acid groups (broad SMARTS) is 2. The molecule has 11 heteroatoms. The number of aryl methyl sites for hydroxylation is 1. The van der Waals surface area contributed by atoms with Crippen molar-refractivity contribution >= 4 is 46.6 Å². The molecule has 9 nitrogen and oxygen atoms in total. The summed E-state index contributed by atoms with van der Waals surface area (Å²) in [5.41, 5.74) is 3.47. The number of fused-ring (bicyclic) bond motifs is 2. The fourth-order valence-electron chi connectivity index (χ4n) is 4.69. The Bertz CT molecular complexity index is 1390. The van der Waals surface area contributed by atoms with Crippen molar-refractivity contribution in [3.05, 3.63) is 64.8 Å². The molecule has 224 valence electrons. The minimum absolute atomic E-state index is 0.296. The van der Waals surface area contributed by atoms with E-state index in [0.717, 1.165) is 55.4 Å². The quantitative estimate of drug-likeness (QED) is 0.317. The smallest absolute Gasteiger partial charge is 0.303 e. The Morgan fingerprint density at radius 3 is 2.38 bits per heavy atom. The summed E-state index contributed by atoms with van der Waals surface area (Å²) in [6.45, 7) is 7.40. The molecule has 0 radical (unpaired) electrons. The number of rotatable bonds is 8. The largest absolute Gasteiger partial charge is 0.497 e. The number of hydrogen-bond acceptors (Lipinski definition) is 9. The lowest BCUT2D eigenvalue weighted by molar-refractivity contribution is -0.143. The maximum absolute atomic E-state index is 9.64. The number of ether oxygens (including phenoxy) is 1. The molecule has 1 aromatic heterocycles. The van der Waals surface area contributed by atoms with Crippen LogP contribution in [0.2, 0.25) is 0 Å². The highest BCUT2D eigenvalue weighted by Gasteiger charge is 2.31. The van der Waals surface area contributed by atoms with Crippen LogP contribution in [0.15, 0.2) is 62.6 Å². The molecule has 42 heavy (non-hydrogen) atoms. The van der Waals surface area contributed by atoms with E-state index < -0.39 is 11.9 Å². The van der Waals surface area contributed by atoms with Gasteiger partial charge in [-0.1, -0.05) is 49.9 Å². The van der Waals surface area contributed by atoms with Crippen LogP contribution in [0.3, 0.4) is 0 Å². The summed E-state index contributed by atoms with van der Waals surface area (Å²) in [4.78, 5) is 35.8. The molecule has 2 aromatic carbocycles. The van der Waals surface area contributed by atoms with E-state index in [1.165, 1.54) is 19.7 Å². The summed E-state index contributed by atoms with van der Waals surface area (Å²) in [5.74, 6) is 0.214. The van der Waals surface area contributed by atoms with Crippen molar-refractivity contribution in [2.45, 2.75) is 60.6 Å². The van der Waals surface area contributed by atoms with Crippen molar-refractivity contribution in [1.82, 2.24) is 14.8 Å². The van der Waals surface area contributed by atoms with Gasteiger partial charge in [0.1, 0.15) is 11.4 Å². The molecule has 1 unspecified atom stereocenters. The van der Waals surface area contributed by atoms with Crippen LogP contribution in [0.25, 0.3) is 0 Å². The number of nitrogens with zero attached hydrogens (tertiary/aromatic N) is 4. The van der Waals surface area contributed by atoms with E-state index in [-0.39, 0.29) is 12.8 Å². The number of carboxylic acids is 2. The lowest BCUT2D eigenvalue weighted by Crippen LogP contribution is -2.53. The Morgan fingerprint density at radius 1 is 1.05 bits per heavy atom. The molecule has 0 saturated carbocycles. The van der Waals surface area contributed by atoms with E-state index in [2.05, 4.69) is 79.2 Å². The van der Waals surface area contributed by atoms with Crippen LogP contribution in [0, 0.1) is 0 Å². The fraction of sp³-hybridized carbons (Fsp3) is 0.419. The third-order valence-electron chi connectivity index (χ3n) is 7.17. The van der Waals surface area contributed by atoms with Crippen molar-refractivity contribution in [3.8, 4) is 5.75 Å². The van der Waals surface area contributed by atoms with Crippen LogP contribution < -0.4 is 4.74 Å². The Kier molecular flexibility index (Phi) is 11.0. The van der Waals surface area contributed by atoms with Crippen LogP contribution in [-0.4, -0.2) is 82.6 Å². The summed E-state index contributed by atoms with van der Waals surface area (Å²) in [6.07, 6.45) is 1.57. The van der Waals surface area contributed by atoms with Crippen molar-refractivity contribution in [3.63, 3.8) is 0 Å². The monoisotopic (exact) mass is 610 g/mol. The maximum Gasteiger partial charge on any atom is 0.303 e. The van der Waals surface area contributed by atoms with E-state index in [9.17, 15) is 9.59 Å². The minimum atomic E-state index is -1.08. The fourth-order valence-corrected chi connectivity index (χ4v) is 6.98. The Hall–Kier alpha value is -3.41. The molecule has 3 aromatic rings. The maximum atomic E-state index is 9.64. The van der Waals surface area contributed by atoms with Gasteiger partial charge in [-0.2, -0.15) is 0 Å². The zero-order chi connectivity index (χ0) is 30.2. The molecule has 1 atom stereocenters. The number of para-hydroxylation sites is 1. The molecular weight excluding hydrogens is 572 g/mol. The average molecular weight is 611 g/mol. The predicted molar refractivity (Wildman–Crippen MR) is 167 cm³/mol. The molecule has 0 spiro atoms. The molecule has 3 heterocycles. The second-order valence-electron chi connectivity index (χ2n) is 10.6. The minimum Gasteiger partial charge on any atom is -0.497 e. The van der Waals surface area contributed by atoms with Gasteiger partial charge in [-0.25, -0.2) is 9.98 Å². The van der Waals surface area contributed by atoms with Crippen LogP contribution in [0.4, 0.5) is 5.69 Å². The number of aromatic nitrogens is 1. The first-order chi connectivity index (χ1) is 20.1. The van der Waals surface area contributed by atoms with E-state index >= 15 is 0 Å². The standard InChI is InChI=1S/C27H32N4OS2.C4H6O4/c1-18(2)26-29-24-25(28-22-7-5-6-8-23(22)33-27(24)34-26)31-16-15-30(3)20(17-31)12-9-19-10-13-21(32-4)14-11-19;5-3(6)1-2-4(7)8/h5-8,10-11,13-14,18,20H,9,12,15-17H2,1-4H3;1-2H2,(H,5,6)(H,7,8). The number of amidine groups is 1. The van der Waals surface area contributed by atoms with Gasteiger partial charge in [-0.3, -0.25) is 14.5 Å². The third-order valence-corrected chi connectivity index (χ3v) is 9.76. The van der Waals surface area contributed by atoms with Gasteiger partial charge in [-0.15, -0.1) is 11.3 Å². The van der Waals surface area contributed by atoms with Gasteiger partial charge in [0.25, 0.3) is 0 Å². The molecule has 0 aliphatic carbocycles. The predicted octanol–water partition coefficient (Wildman–Crippen LogP) is 6.00. The Balaban J connectivity index is 0.000000446. The van der Waals surface area contributed by atoms with Gasteiger partial charge in [0, 0.05) is 36.5 Å². The number of methoxy groups -OCH3 is 1. The first kappa shape index (κ1) is 31.5. The van der Waals surface area contributed by atoms with Gasteiger partial charge in [0.05, 0.1) is 34.9 Å². The van der Waals surface area contributed by atoms with E-state index in [1.54, 1.807) is 7.11 Å². The molecular formula is C31H38N4O5S2. The number of likely N-dealkylation sites (N-methyl/N-ethyl adjacent to an activating group) is 1. The molecule has 0 bridgehead atoms. The second-order valence-corrected chi connectivity index (χ2v) is 12.9. The Labute approximate surface area is 255 Å².